The van der Waals surface area contributed by atoms with Crippen molar-refractivity contribution in [2.24, 2.45) is 0 Å². The van der Waals surface area contributed by atoms with Crippen LogP contribution in [-0.4, -0.2) is 44.0 Å². The van der Waals surface area contributed by atoms with Gasteiger partial charge in [-0.15, -0.1) is 0 Å². The van der Waals surface area contributed by atoms with Gasteiger partial charge >= 0.3 is 0 Å². The first kappa shape index (κ1) is 14.9. The summed E-state index contributed by atoms with van der Waals surface area (Å²) in [4.78, 5) is 15.7. The summed E-state index contributed by atoms with van der Waals surface area (Å²) in [7, 11) is 3.60. The summed E-state index contributed by atoms with van der Waals surface area (Å²) >= 11 is 0. The summed E-state index contributed by atoms with van der Waals surface area (Å²) in [5, 5.41) is 3.55. The number of likely N-dealkylation sites (N-methyl/N-ethyl adjacent to an activating group) is 2. The monoisotopic (exact) mass is 275 g/mol. The van der Waals surface area contributed by atoms with Crippen LogP contribution >= 0.6 is 0 Å². The fraction of sp³-hybridized carbons (Fsp3) is 0.562. The highest BCUT2D eigenvalue weighted by Gasteiger charge is 2.21. The molecule has 1 aliphatic carbocycles. The molecule has 1 aromatic carbocycles. The normalized spacial score (nSPS) is 14.2. The van der Waals surface area contributed by atoms with Gasteiger partial charge in [0.2, 0.25) is 5.91 Å². The summed E-state index contributed by atoms with van der Waals surface area (Å²) in [6.07, 6.45) is 2.58. The van der Waals surface area contributed by atoms with Gasteiger partial charge in [-0.3, -0.25) is 4.79 Å². The van der Waals surface area contributed by atoms with Crippen molar-refractivity contribution in [2.45, 2.75) is 32.4 Å². The fourth-order valence-electron chi connectivity index (χ4n) is 2.18. The van der Waals surface area contributed by atoms with E-state index in [1.54, 1.807) is 19.0 Å². The molecule has 0 atom stereocenters. The fourth-order valence-corrected chi connectivity index (χ4v) is 2.18. The lowest BCUT2D eigenvalue weighted by molar-refractivity contribution is -0.127. The second-order valence-corrected chi connectivity index (χ2v) is 5.59. The topological polar surface area (TPSA) is 35.6 Å². The van der Waals surface area contributed by atoms with Crippen LogP contribution in [0.3, 0.4) is 0 Å². The van der Waals surface area contributed by atoms with Gasteiger partial charge in [0.15, 0.2) is 0 Å². The zero-order valence-corrected chi connectivity index (χ0v) is 12.7. The molecule has 1 aliphatic rings. The lowest BCUT2D eigenvalue weighted by Crippen LogP contribution is -2.37. The van der Waals surface area contributed by atoms with Crippen LogP contribution in [0.4, 0.5) is 5.69 Å². The molecule has 20 heavy (non-hydrogen) atoms. The molecule has 0 spiro atoms. The van der Waals surface area contributed by atoms with Gasteiger partial charge in [-0.25, -0.2) is 0 Å². The van der Waals surface area contributed by atoms with Crippen molar-refractivity contribution in [3.8, 4) is 0 Å². The molecular weight excluding hydrogens is 250 g/mol. The van der Waals surface area contributed by atoms with Crippen LogP contribution in [0.2, 0.25) is 0 Å². The number of rotatable bonds is 7. The van der Waals surface area contributed by atoms with Gasteiger partial charge in [-0.05, 0) is 31.4 Å². The van der Waals surface area contributed by atoms with E-state index in [2.05, 4.69) is 35.3 Å². The number of benzene rings is 1. The summed E-state index contributed by atoms with van der Waals surface area (Å²) in [5.74, 6) is 0.136. The Morgan fingerprint density at radius 1 is 1.30 bits per heavy atom. The quantitative estimate of drug-likeness (QED) is 0.825. The number of nitrogens with zero attached hydrogens (tertiary/aromatic N) is 2. The molecule has 1 fully saturated rings. The summed E-state index contributed by atoms with van der Waals surface area (Å²) in [6.45, 7) is 4.24. The third-order valence-electron chi connectivity index (χ3n) is 3.70. The van der Waals surface area contributed by atoms with E-state index in [1.807, 2.05) is 6.07 Å². The third kappa shape index (κ3) is 3.97. The molecule has 4 heteroatoms. The second kappa shape index (κ2) is 6.75. The van der Waals surface area contributed by atoms with Crippen molar-refractivity contribution in [2.75, 3.05) is 32.1 Å². The van der Waals surface area contributed by atoms with Crippen LogP contribution in [0.15, 0.2) is 24.3 Å². The standard InChI is InChI=1S/C16H25N3O/c1-4-19(12-16(20)18(2)3)15-8-6-5-7-13(15)11-17-14-9-10-14/h5-8,14,17H,4,9-12H2,1-3H3. The first-order chi connectivity index (χ1) is 9.61. The Labute approximate surface area is 121 Å². The maximum atomic E-state index is 11.9. The Hall–Kier alpha value is -1.55. The Bertz CT molecular complexity index is 455. The van der Waals surface area contributed by atoms with Gasteiger partial charge in [0.1, 0.15) is 0 Å². The van der Waals surface area contributed by atoms with Gasteiger partial charge in [-0.2, -0.15) is 0 Å². The lowest BCUT2D eigenvalue weighted by Gasteiger charge is -2.26. The summed E-state index contributed by atoms with van der Waals surface area (Å²) in [6, 6.07) is 9.05. The minimum atomic E-state index is 0.136. The zero-order chi connectivity index (χ0) is 14.5. The largest absolute Gasteiger partial charge is 0.362 e. The molecule has 0 heterocycles. The molecule has 0 unspecified atom stereocenters. The number of para-hydroxylation sites is 1. The number of hydrogen-bond donors (Lipinski definition) is 1. The average molecular weight is 275 g/mol. The predicted molar refractivity (Wildman–Crippen MR) is 82.9 cm³/mol. The van der Waals surface area contributed by atoms with Crippen LogP contribution in [0.5, 0.6) is 0 Å². The smallest absolute Gasteiger partial charge is 0.241 e. The molecule has 1 aromatic rings. The number of carbonyl (C=O) groups excluding carboxylic acids is 1. The van der Waals surface area contributed by atoms with Gasteiger partial charge in [0.25, 0.3) is 0 Å². The molecule has 1 N–H and O–H groups in total. The number of amides is 1. The molecule has 0 radical (unpaired) electrons. The zero-order valence-electron chi connectivity index (χ0n) is 12.7. The highest BCUT2D eigenvalue weighted by atomic mass is 16.2. The van der Waals surface area contributed by atoms with Crippen molar-refractivity contribution in [1.29, 1.82) is 0 Å². The van der Waals surface area contributed by atoms with Gasteiger partial charge in [0, 0.05) is 38.9 Å². The van der Waals surface area contributed by atoms with Crippen LogP contribution in [0.1, 0.15) is 25.3 Å². The van der Waals surface area contributed by atoms with E-state index in [0.717, 1.165) is 13.1 Å². The van der Waals surface area contributed by atoms with E-state index >= 15 is 0 Å². The molecule has 1 amide bonds. The van der Waals surface area contributed by atoms with E-state index in [0.29, 0.717) is 12.6 Å². The van der Waals surface area contributed by atoms with E-state index < -0.39 is 0 Å². The van der Waals surface area contributed by atoms with E-state index in [-0.39, 0.29) is 5.91 Å². The van der Waals surface area contributed by atoms with E-state index in [4.69, 9.17) is 0 Å². The van der Waals surface area contributed by atoms with Crippen LogP contribution in [0.25, 0.3) is 0 Å². The molecule has 1 saturated carbocycles. The van der Waals surface area contributed by atoms with Crippen molar-refractivity contribution in [3.63, 3.8) is 0 Å². The van der Waals surface area contributed by atoms with Crippen LogP contribution in [-0.2, 0) is 11.3 Å². The Morgan fingerprint density at radius 3 is 2.60 bits per heavy atom. The van der Waals surface area contributed by atoms with Crippen LogP contribution in [0, 0.1) is 0 Å². The van der Waals surface area contributed by atoms with Crippen molar-refractivity contribution >= 4 is 11.6 Å². The molecule has 0 saturated heterocycles. The van der Waals surface area contributed by atoms with Crippen molar-refractivity contribution < 1.29 is 4.79 Å². The highest BCUT2D eigenvalue weighted by molar-refractivity contribution is 5.81. The maximum Gasteiger partial charge on any atom is 0.241 e. The highest BCUT2D eigenvalue weighted by Crippen LogP contribution is 2.23. The predicted octanol–water partition coefficient (Wildman–Crippen LogP) is 1.85. The minimum absolute atomic E-state index is 0.136. The molecule has 4 nitrogen and oxygen atoms in total. The third-order valence-corrected chi connectivity index (χ3v) is 3.70. The van der Waals surface area contributed by atoms with Crippen molar-refractivity contribution in [3.05, 3.63) is 29.8 Å². The number of hydrogen-bond acceptors (Lipinski definition) is 3. The molecule has 110 valence electrons. The Morgan fingerprint density at radius 2 is 2.00 bits per heavy atom. The van der Waals surface area contributed by atoms with Crippen LogP contribution < -0.4 is 10.2 Å². The van der Waals surface area contributed by atoms with E-state index in [1.165, 1.54) is 24.1 Å². The Balaban J connectivity index is 2.08. The average Bonchev–Trinajstić information content (AvgIpc) is 3.26. The van der Waals surface area contributed by atoms with Gasteiger partial charge in [0.05, 0.1) is 6.54 Å². The maximum absolute atomic E-state index is 11.9. The van der Waals surface area contributed by atoms with E-state index in [9.17, 15) is 4.79 Å². The SMILES string of the molecule is CCN(CC(=O)N(C)C)c1ccccc1CNC1CC1. The molecule has 2 rings (SSSR count). The van der Waals surface area contributed by atoms with Gasteiger partial charge < -0.3 is 15.1 Å². The molecule has 0 aliphatic heterocycles. The van der Waals surface area contributed by atoms with Gasteiger partial charge in [-0.1, -0.05) is 18.2 Å². The Kier molecular flexibility index (Phi) is 5.01. The van der Waals surface area contributed by atoms with Crippen molar-refractivity contribution in [1.82, 2.24) is 10.2 Å². The number of anilines is 1. The number of carbonyl (C=O) groups is 1. The molecular formula is C16H25N3O. The summed E-state index contributed by atoms with van der Waals surface area (Å²) in [5.41, 5.74) is 2.44. The first-order valence-electron chi connectivity index (χ1n) is 7.38. The summed E-state index contributed by atoms with van der Waals surface area (Å²) < 4.78 is 0. The first-order valence-corrected chi connectivity index (χ1v) is 7.38. The molecule has 0 bridgehead atoms. The minimum Gasteiger partial charge on any atom is -0.362 e. The molecule has 0 aromatic heterocycles. The second-order valence-electron chi connectivity index (χ2n) is 5.59. The lowest BCUT2D eigenvalue weighted by atomic mass is 10.1. The number of nitrogens with one attached hydrogen (secondary N) is 1.